The summed E-state index contributed by atoms with van der Waals surface area (Å²) in [5, 5.41) is 0. The SMILES string of the molecule is CC(C)(C)C1CCCCN1c1ncc(B2OC(C)(C)C(C)(C)O2)cn1. The van der Waals surface area contributed by atoms with E-state index in [4.69, 9.17) is 9.31 Å². The van der Waals surface area contributed by atoms with Gasteiger partial charge in [-0.05, 0) is 52.4 Å². The number of piperidine rings is 1. The summed E-state index contributed by atoms with van der Waals surface area (Å²) in [6, 6.07) is 0.476. The molecule has 0 amide bonds. The van der Waals surface area contributed by atoms with Crippen molar-refractivity contribution in [3.05, 3.63) is 12.4 Å². The van der Waals surface area contributed by atoms with E-state index in [0.717, 1.165) is 18.0 Å². The maximum atomic E-state index is 6.10. The first-order valence-electron chi connectivity index (χ1n) is 9.45. The number of anilines is 1. The molecule has 3 rings (SSSR count). The predicted molar refractivity (Wildman–Crippen MR) is 102 cm³/mol. The number of rotatable bonds is 2. The minimum atomic E-state index is -0.404. The molecular formula is C19H32BN3O2. The molecule has 0 spiro atoms. The lowest BCUT2D eigenvalue weighted by Crippen LogP contribution is -2.48. The van der Waals surface area contributed by atoms with Gasteiger partial charge in [-0.15, -0.1) is 0 Å². The molecule has 6 heteroatoms. The van der Waals surface area contributed by atoms with Crippen LogP contribution in [0.25, 0.3) is 0 Å². The molecule has 0 radical (unpaired) electrons. The lowest BCUT2D eigenvalue weighted by Gasteiger charge is -2.43. The van der Waals surface area contributed by atoms with E-state index >= 15 is 0 Å². The third kappa shape index (κ3) is 3.56. The van der Waals surface area contributed by atoms with E-state index in [0.29, 0.717) is 6.04 Å². The summed E-state index contributed by atoms with van der Waals surface area (Å²) in [5.74, 6) is 0.819. The molecule has 2 fully saturated rings. The lowest BCUT2D eigenvalue weighted by atomic mass is 9.80. The number of hydrogen-bond acceptors (Lipinski definition) is 5. The van der Waals surface area contributed by atoms with Crippen LogP contribution in [0.1, 0.15) is 67.7 Å². The summed E-state index contributed by atoms with van der Waals surface area (Å²) < 4.78 is 12.2. The van der Waals surface area contributed by atoms with Crippen LogP contribution in [0.15, 0.2) is 12.4 Å². The molecule has 2 aliphatic rings. The third-order valence-corrected chi connectivity index (χ3v) is 5.94. The maximum Gasteiger partial charge on any atom is 0.498 e. The molecule has 0 N–H and O–H groups in total. The number of aromatic nitrogens is 2. The van der Waals surface area contributed by atoms with Crippen molar-refractivity contribution in [2.24, 2.45) is 5.41 Å². The van der Waals surface area contributed by atoms with Crippen LogP contribution in [0, 0.1) is 5.41 Å². The van der Waals surface area contributed by atoms with Crippen molar-refractivity contribution in [3.63, 3.8) is 0 Å². The molecule has 2 aliphatic heterocycles. The van der Waals surface area contributed by atoms with Crippen molar-refractivity contribution in [2.45, 2.75) is 85.0 Å². The van der Waals surface area contributed by atoms with Crippen molar-refractivity contribution in [2.75, 3.05) is 11.4 Å². The van der Waals surface area contributed by atoms with Crippen LogP contribution in [0.4, 0.5) is 5.95 Å². The van der Waals surface area contributed by atoms with Crippen LogP contribution < -0.4 is 10.4 Å². The van der Waals surface area contributed by atoms with Gasteiger partial charge in [-0.25, -0.2) is 9.97 Å². The summed E-state index contributed by atoms with van der Waals surface area (Å²) in [7, 11) is -0.404. The Morgan fingerprint density at radius 2 is 1.60 bits per heavy atom. The summed E-state index contributed by atoms with van der Waals surface area (Å²) in [6.07, 6.45) is 7.41. The van der Waals surface area contributed by atoms with Gasteiger partial charge in [-0.3, -0.25) is 0 Å². The number of hydrogen-bond donors (Lipinski definition) is 0. The highest BCUT2D eigenvalue weighted by Gasteiger charge is 2.52. The molecule has 0 bridgehead atoms. The highest BCUT2D eigenvalue weighted by Crippen LogP contribution is 2.37. The summed E-state index contributed by atoms with van der Waals surface area (Å²) in [6.45, 7) is 16.2. The zero-order chi connectivity index (χ0) is 18.5. The Kier molecular flexibility index (Phi) is 4.65. The van der Waals surface area contributed by atoms with Crippen LogP contribution in [0.2, 0.25) is 0 Å². The predicted octanol–water partition coefficient (Wildman–Crippen LogP) is 3.18. The van der Waals surface area contributed by atoms with Gasteiger partial charge in [0.25, 0.3) is 0 Å². The minimum Gasteiger partial charge on any atom is -0.399 e. The molecule has 0 aliphatic carbocycles. The van der Waals surface area contributed by atoms with E-state index in [1.54, 1.807) is 0 Å². The topological polar surface area (TPSA) is 47.5 Å². The second-order valence-corrected chi connectivity index (χ2v) is 9.48. The zero-order valence-corrected chi connectivity index (χ0v) is 16.8. The van der Waals surface area contributed by atoms with Crippen LogP contribution in [-0.2, 0) is 9.31 Å². The molecule has 3 heterocycles. The van der Waals surface area contributed by atoms with Gasteiger partial charge in [0.15, 0.2) is 0 Å². The molecule has 1 atom stereocenters. The first-order valence-corrected chi connectivity index (χ1v) is 9.45. The maximum absolute atomic E-state index is 6.10. The zero-order valence-electron chi connectivity index (χ0n) is 16.8. The van der Waals surface area contributed by atoms with Crippen molar-refractivity contribution in [3.8, 4) is 0 Å². The minimum absolute atomic E-state index is 0.216. The van der Waals surface area contributed by atoms with E-state index < -0.39 is 7.12 Å². The van der Waals surface area contributed by atoms with Crippen molar-refractivity contribution >= 4 is 18.5 Å². The Balaban J connectivity index is 1.79. The van der Waals surface area contributed by atoms with Gasteiger partial charge in [0.1, 0.15) is 0 Å². The Hall–Kier alpha value is -1.14. The van der Waals surface area contributed by atoms with Crippen LogP contribution in [0.3, 0.4) is 0 Å². The fourth-order valence-corrected chi connectivity index (χ4v) is 3.65. The highest BCUT2D eigenvalue weighted by atomic mass is 16.7. The lowest BCUT2D eigenvalue weighted by molar-refractivity contribution is 0.00578. The van der Waals surface area contributed by atoms with Crippen molar-refractivity contribution < 1.29 is 9.31 Å². The smallest absolute Gasteiger partial charge is 0.399 e. The second-order valence-electron chi connectivity index (χ2n) is 9.48. The molecule has 0 saturated carbocycles. The Bertz CT molecular complexity index is 594. The standard InChI is InChI=1S/C19H32BN3O2/c1-17(2,3)15-10-8-9-11-23(15)16-21-12-14(13-22-16)20-24-18(4,5)19(6,7)25-20/h12-13,15H,8-11H2,1-7H3. The molecule has 1 aromatic rings. The monoisotopic (exact) mass is 345 g/mol. The third-order valence-electron chi connectivity index (χ3n) is 5.94. The first-order chi connectivity index (χ1) is 11.5. The molecule has 5 nitrogen and oxygen atoms in total. The van der Waals surface area contributed by atoms with Crippen molar-refractivity contribution in [1.82, 2.24) is 9.97 Å². The van der Waals surface area contributed by atoms with Gasteiger partial charge in [-0.1, -0.05) is 20.8 Å². The van der Waals surface area contributed by atoms with Crippen LogP contribution >= 0.6 is 0 Å². The first kappa shape index (κ1) is 18.6. The van der Waals surface area contributed by atoms with Gasteiger partial charge in [-0.2, -0.15) is 0 Å². The van der Waals surface area contributed by atoms with E-state index in [2.05, 4.69) is 63.3 Å². The summed E-state index contributed by atoms with van der Waals surface area (Å²) in [5.41, 5.74) is 0.404. The van der Waals surface area contributed by atoms with Crippen LogP contribution in [-0.4, -0.2) is 40.9 Å². The van der Waals surface area contributed by atoms with E-state index in [9.17, 15) is 0 Å². The quantitative estimate of drug-likeness (QED) is 0.771. The summed E-state index contributed by atoms with van der Waals surface area (Å²) >= 11 is 0. The molecule has 138 valence electrons. The second kappa shape index (κ2) is 6.24. The van der Waals surface area contributed by atoms with Crippen LogP contribution in [0.5, 0.6) is 0 Å². The molecule has 1 unspecified atom stereocenters. The molecular weight excluding hydrogens is 313 g/mol. The number of nitrogens with zero attached hydrogens (tertiary/aromatic N) is 3. The molecule has 25 heavy (non-hydrogen) atoms. The highest BCUT2D eigenvalue weighted by molar-refractivity contribution is 6.61. The van der Waals surface area contributed by atoms with E-state index in [1.807, 2.05) is 12.4 Å². The largest absolute Gasteiger partial charge is 0.498 e. The van der Waals surface area contributed by atoms with E-state index in [1.165, 1.54) is 19.3 Å². The van der Waals surface area contributed by atoms with Gasteiger partial charge < -0.3 is 14.2 Å². The van der Waals surface area contributed by atoms with Gasteiger partial charge in [0.2, 0.25) is 5.95 Å². The summed E-state index contributed by atoms with van der Waals surface area (Å²) in [4.78, 5) is 11.7. The fraction of sp³-hybridized carbons (Fsp3) is 0.789. The van der Waals surface area contributed by atoms with Gasteiger partial charge in [0, 0.05) is 30.4 Å². The Labute approximate surface area is 152 Å². The molecule has 0 aromatic carbocycles. The Morgan fingerprint density at radius 1 is 1.04 bits per heavy atom. The average molecular weight is 345 g/mol. The van der Waals surface area contributed by atoms with Gasteiger partial charge in [0.05, 0.1) is 11.2 Å². The van der Waals surface area contributed by atoms with Crippen molar-refractivity contribution in [1.29, 1.82) is 0 Å². The van der Waals surface area contributed by atoms with E-state index in [-0.39, 0.29) is 16.6 Å². The Morgan fingerprint density at radius 3 is 2.12 bits per heavy atom. The fourth-order valence-electron chi connectivity index (χ4n) is 3.65. The van der Waals surface area contributed by atoms with Gasteiger partial charge >= 0.3 is 7.12 Å². The average Bonchev–Trinajstić information content (AvgIpc) is 2.75. The normalized spacial score (nSPS) is 26.1. The molecule has 2 saturated heterocycles. The molecule has 1 aromatic heterocycles.